The van der Waals surface area contributed by atoms with Crippen LogP contribution in [0.3, 0.4) is 0 Å². The van der Waals surface area contributed by atoms with Crippen molar-refractivity contribution in [3.05, 3.63) is 24.0 Å². The molecule has 2 rings (SSSR count). The molecule has 0 saturated carbocycles. The molecule has 1 aliphatic rings. The average molecular weight is 277 g/mol. The third-order valence-corrected chi connectivity index (χ3v) is 3.64. The van der Waals surface area contributed by atoms with Crippen molar-refractivity contribution in [3.8, 4) is 0 Å². The fourth-order valence-corrected chi connectivity index (χ4v) is 2.47. The van der Waals surface area contributed by atoms with Gasteiger partial charge >= 0.3 is 0 Å². The van der Waals surface area contributed by atoms with Gasteiger partial charge in [-0.25, -0.2) is 0 Å². The third kappa shape index (κ3) is 4.78. The largest absolute Gasteiger partial charge is 0.368 e. The maximum absolute atomic E-state index is 4.55. The first-order chi connectivity index (χ1) is 9.70. The Hall–Kier alpha value is -1.09. The first-order valence-electron chi connectivity index (χ1n) is 8.14. The summed E-state index contributed by atoms with van der Waals surface area (Å²) < 4.78 is 0. The van der Waals surface area contributed by atoms with Gasteiger partial charge in [-0.3, -0.25) is 9.88 Å². The van der Waals surface area contributed by atoms with Crippen LogP contribution in [0.25, 0.3) is 0 Å². The van der Waals surface area contributed by atoms with Crippen molar-refractivity contribution in [3.63, 3.8) is 0 Å². The normalized spacial score (nSPS) is 16.0. The molecule has 0 unspecified atom stereocenters. The Kier molecular flexibility index (Phi) is 7.60. The lowest BCUT2D eigenvalue weighted by atomic mass is 10.1. The van der Waals surface area contributed by atoms with Crippen LogP contribution in [0, 0.1) is 0 Å². The summed E-state index contributed by atoms with van der Waals surface area (Å²) in [4.78, 5) is 9.55. The van der Waals surface area contributed by atoms with Crippen LogP contribution in [0.15, 0.2) is 18.3 Å². The molecule has 0 radical (unpaired) electrons. The van der Waals surface area contributed by atoms with Crippen LogP contribution in [0.5, 0.6) is 0 Å². The monoisotopic (exact) mass is 277 g/mol. The van der Waals surface area contributed by atoms with Crippen molar-refractivity contribution in [2.45, 2.75) is 47.0 Å². The Labute approximate surface area is 125 Å². The van der Waals surface area contributed by atoms with E-state index >= 15 is 0 Å². The van der Waals surface area contributed by atoms with Gasteiger partial charge in [0, 0.05) is 31.9 Å². The number of pyridine rings is 1. The molecule has 0 atom stereocenters. The second-order valence-corrected chi connectivity index (χ2v) is 5.42. The summed E-state index contributed by atoms with van der Waals surface area (Å²) in [5.41, 5.74) is 2.46. The van der Waals surface area contributed by atoms with E-state index in [0.29, 0.717) is 5.92 Å². The molecule has 1 aromatic rings. The van der Waals surface area contributed by atoms with Gasteiger partial charge in [-0.05, 0) is 31.0 Å². The average Bonchev–Trinajstić information content (AvgIpc) is 2.50. The molecule has 1 fully saturated rings. The lowest BCUT2D eigenvalue weighted by Gasteiger charge is -2.35. The molecule has 0 bridgehead atoms. The van der Waals surface area contributed by atoms with Crippen molar-refractivity contribution >= 4 is 5.69 Å². The van der Waals surface area contributed by atoms with Gasteiger partial charge in [0.25, 0.3) is 0 Å². The number of hydrogen-bond acceptors (Lipinski definition) is 3. The standard InChI is InChI=1S/C15H25N3.C2H6/c1-4-7-17-8-10-18(11-9-17)14-5-6-15(13(2)3)16-12-14;1-2/h5-6,12-13H,4,7-11H2,1-3H3;1-2H3. The van der Waals surface area contributed by atoms with E-state index in [0.717, 1.165) is 13.1 Å². The van der Waals surface area contributed by atoms with E-state index in [2.05, 4.69) is 47.7 Å². The fraction of sp³-hybridized carbons (Fsp3) is 0.706. The molecule has 3 heteroatoms. The molecule has 0 N–H and O–H groups in total. The minimum Gasteiger partial charge on any atom is -0.368 e. The third-order valence-electron chi connectivity index (χ3n) is 3.64. The van der Waals surface area contributed by atoms with Crippen molar-refractivity contribution in [2.75, 3.05) is 37.6 Å². The zero-order valence-electron chi connectivity index (χ0n) is 13.9. The Morgan fingerprint density at radius 3 is 2.20 bits per heavy atom. The first kappa shape index (κ1) is 17.0. The number of hydrogen-bond donors (Lipinski definition) is 0. The zero-order chi connectivity index (χ0) is 15.0. The Morgan fingerprint density at radius 1 is 1.10 bits per heavy atom. The van der Waals surface area contributed by atoms with Crippen LogP contribution >= 0.6 is 0 Å². The smallest absolute Gasteiger partial charge is 0.0553 e. The molecule has 0 aliphatic carbocycles. The minimum atomic E-state index is 0.514. The van der Waals surface area contributed by atoms with Gasteiger partial charge in [-0.1, -0.05) is 34.6 Å². The van der Waals surface area contributed by atoms with Crippen LogP contribution in [-0.4, -0.2) is 42.6 Å². The highest BCUT2D eigenvalue weighted by atomic mass is 15.3. The molecular formula is C17H31N3. The highest BCUT2D eigenvalue weighted by molar-refractivity contribution is 5.45. The summed E-state index contributed by atoms with van der Waals surface area (Å²) in [6.07, 6.45) is 3.29. The van der Waals surface area contributed by atoms with E-state index in [1.165, 1.54) is 37.4 Å². The maximum Gasteiger partial charge on any atom is 0.0553 e. The summed E-state index contributed by atoms with van der Waals surface area (Å²) in [7, 11) is 0. The summed E-state index contributed by atoms with van der Waals surface area (Å²) >= 11 is 0. The Morgan fingerprint density at radius 2 is 1.75 bits per heavy atom. The van der Waals surface area contributed by atoms with Gasteiger partial charge in [0.15, 0.2) is 0 Å². The van der Waals surface area contributed by atoms with Gasteiger partial charge in [-0.2, -0.15) is 0 Å². The number of piperazine rings is 1. The summed E-state index contributed by atoms with van der Waals surface area (Å²) in [6.45, 7) is 16.5. The van der Waals surface area contributed by atoms with Gasteiger partial charge in [0.2, 0.25) is 0 Å². The van der Waals surface area contributed by atoms with Gasteiger partial charge in [0.1, 0.15) is 0 Å². The number of aromatic nitrogens is 1. The van der Waals surface area contributed by atoms with E-state index in [1.54, 1.807) is 0 Å². The zero-order valence-corrected chi connectivity index (χ0v) is 13.9. The molecular weight excluding hydrogens is 246 g/mol. The van der Waals surface area contributed by atoms with Crippen LogP contribution in [0.2, 0.25) is 0 Å². The molecule has 1 aliphatic heterocycles. The molecule has 20 heavy (non-hydrogen) atoms. The molecule has 114 valence electrons. The number of nitrogens with zero attached hydrogens (tertiary/aromatic N) is 3. The minimum absolute atomic E-state index is 0.514. The second kappa shape index (κ2) is 8.96. The van der Waals surface area contributed by atoms with Crippen LogP contribution in [-0.2, 0) is 0 Å². The second-order valence-electron chi connectivity index (χ2n) is 5.42. The lowest BCUT2D eigenvalue weighted by Crippen LogP contribution is -2.46. The SMILES string of the molecule is CC.CCCN1CCN(c2ccc(C(C)C)nc2)CC1. The van der Waals surface area contributed by atoms with E-state index in [-0.39, 0.29) is 0 Å². The van der Waals surface area contributed by atoms with E-state index in [4.69, 9.17) is 0 Å². The van der Waals surface area contributed by atoms with Crippen molar-refractivity contribution in [2.24, 2.45) is 0 Å². The topological polar surface area (TPSA) is 19.4 Å². The molecule has 3 nitrogen and oxygen atoms in total. The van der Waals surface area contributed by atoms with Crippen LogP contribution < -0.4 is 4.90 Å². The first-order valence-corrected chi connectivity index (χ1v) is 8.14. The number of rotatable bonds is 4. The molecule has 0 aromatic carbocycles. The predicted molar refractivity (Wildman–Crippen MR) is 88.6 cm³/mol. The van der Waals surface area contributed by atoms with Crippen molar-refractivity contribution in [1.29, 1.82) is 0 Å². The quantitative estimate of drug-likeness (QED) is 0.835. The lowest BCUT2D eigenvalue weighted by molar-refractivity contribution is 0.258. The van der Waals surface area contributed by atoms with E-state index in [1.807, 2.05) is 20.0 Å². The predicted octanol–water partition coefficient (Wildman–Crippen LogP) is 3.76. The van der Waals surface area contributed by atoms with Crippen LogP contribution in [0.4, 0.5) is 5.69 Å². The molecule has 1 saturated heterocycles. The summed E-state index contributed by atoms with van der Waals surface area (Å²) in [5.74, 6) is 0.514. The summed E-state index contributed by atoms with van der Waals surface area (Å²) in [6, 6.07) is 4.39. The van der Waals surface area contributed by atoms with Crippen molar-refractivity contribution in [1.82, 2.24) is 9.88 Å². The van der Waals surface area contributed by atoms with E-state index < -0.39 is 0 Å². The Bertz CT molecular complexity index is 351. The molecule has 1 aromatic heterocycles. The molecule has 0 spiro atoms. The molecule has 2 heterocycles. The number of anilines is 1. The maximum atomic E-state index is 4.55. The Balaban J connectivity index is 0.000000956. The van der Waals surface area contributed by atoms with Gasteiger partial charge in [0.05, 0.1) is 11.9 Å². The summed E-state index contributed by atoms with van der Waals surface area (Å²) in [5, 5.41) is 0. The highest BCUT2D eigenvalue weighted by Crippen LogP contribution is 2.18. The van der Waals surface area contributed by atoms with E-state index in [9.17, 15) is 0 Å². The van der Waals surface area contributed by atoms with Crippen molar-refractivity contribution < 1.29 is 0 Å². The van der Waals surface area contributed by atoms with Gasteiger partial charge < -0.3 is 4.90 Å². The fourth-order valence-electron chi connectivity index (χ4n) is 2.47. The highest BCUT2D eigenvalue weighted by Gasteiger charge is 2.16. The van der Waals surface area contributed by atoms with Crippen LogP contribution in [0.1, 0.15) is 52.7 Å². The molecule has 0 amide bonds. The van der Waals surface area contributed by atoms with Gasteiger partial charge in [-0.15, -0.1) is 0 Å².